The first-order valence-corrected chi connectivity index (χ1v) is 10.8. The molecule has 2 aromatic rings. The predicted molar refractivity (Wildman–Crippen MR) is 105 cm³/mol. The van der Waals surface area contributed by atoms with E-state index >= 15 is 0 Å². The van der Waals surface area contributed by atoms with Gasteiger partial charge in [0.15, 0.2) is 6.29 Å². The molecule has 152 valence electrons. The van der Waals surface area contributed by atoms with E-state index in [9.17, 15) is 8.42 Å². The zero-order chi connectivity index (χ0) is 19.8. The number of hydrogen-bond acceptors (Lipinski definition) is 6. The van der Waals surface area contributed by atoms with Gasteiger partial charge in [-0.15, -0.1) is 0 Å². The second kappa shape index (κ2) is 10.0. The van der Waals surface area contributed by atoms with Crippen molar-refractivity contribution in [1.29, 1.82) is 0 Å². The van der Waals surface area contributed by atoms with E-state index in [4.69, 9.17) is 18.4 Å². The van der Waals surface area contributed by atoms with Crippen molar-refractivity contribution in [2.45, 2.75) is 44.0 Å². The van der Waals surface area contributed by atoms with Crippen LogP contribution in [0.2, 0.25) is 0 Å². The van der Waals surface area contributed by atoms with Gasteiger partial charge in [0, 0.05) is 6.61 Å². The highest BCUT2D eigenvalue weighted by Gasteiger charge is 2.15. The molecule has 0 bridgehead atoms. The minimum Gasteiger partial charge on any atom is -0.491 e. The Bertz CT molecular complexity index is 841. The molecule has 0 aromatic heterocycles. The molecule has 0 amide bonds. The summed E-state index contributed by atoms with van der Waals surface area (Å²) in [5, 5.41) is 0. The quantitative estimate of drug-likeness (QED) is 0.466. The Hall–Kier alpha value is -1.93. The van der Waals surface area contributed by atoms with Crippen molar-refractivity contribution in [3.63, 3.8) is 0 Å². The molecule has 0 N–H and O–H groups in total. The van der Waals surface area contributed by atoms with E-state index in [-0.39, 0.29) is 17.8 Å². The van der Waals surface area contributed by atoms with Crippen LogP contribution < -0.4 is 4.74 Å². The molecule has 1 unspecified atom stereocenters. The molecule has 0 aliphatic carbocycles. The van der Waals surface area contributed by atoms with Crippen LogP contribution in [0.3, 0.4) is 0 Å². The number of benzene rings is 2. The van der Waals surface area contributed by atoms with Gasteiger partial charge in [-0.1, -0.05) is 29.8 Å². The minimum atomic E-state index is -3.80. The van der Waals surface area contributed by atoms with Crippen molar-refractivity contribution in [1.82, 2.24) is 0 Å². The normalized spacial score (nSPS) is 17.4. The second-order valence-electron chi connectivity index (χ2n) is 6.69. The molecule has 0 saturated carbocycles. The maximum Gasteiger partial charge on any atom is 0.297 e. The van der Waals surface area contributed by atoms with Gasteiger partial charge in [-0.3, -0.25) is 4.18 Å². The van der Waals surface area contributed by atoms with Gasteiger partial charge in [0.05, 0.1) is 18.1 Å². The Morgan fingerprint density at radius 3 is 2.64 bits per heavy atom. The number of aryl methyl sites for hydroxylation is 1. The fourth-order valence-corrected chi connectivity index (χ4v) is 3.72. The van der Waals surface area contributed by atoms with E-state index in [0.29, 0.717) is 24.5 Å². The van der Waals surface area contributed by atoms with Crippen LogP contribution in [-0.2, 0) is 30.4 Å². The Kier molecular flexibility index (Phi) is 7.44. The average Bonchev–Trinajstić information content (AvgIpc) is 2.71. The smallest absolute Gasteiger partial charge is 0.297 e. The molecule has 2 aromatic carbocycles. The zero-order valence-electron chi connectivity index (χ0n) is 16.0. The van der Waals surface area contributed by atoms with Gasteiger partial charge >= 0.3 is 0 Å². The van der Waals surface area contributed by atoms with Crippen LogP contribution >= 0.6 is 0 Å². The summed E-state index contributed by atoms with van der Waals surface area (Å²) in [6.07, 6.45) is 3.00. The second-order valence-corrected chi connectivity index (χ2v) is 8.31. The number of rotatable bonds is 9. The lowest BCUT2D eigenvalue weighted by atomic mass is 10.2. The van der Waals surface area contributed by atoms with Crippen LogP contribution in [0.1, 0.15) is 30.4 Å². The van der Waals surface area contributed by atoms with Crippen LogP contribution in [-0.4, -0.2) is 34.5 Å². The Labute approximate surface area is 166 Å². The van der Waals surface area contributed by atoms with Gasteiger partial charge in [0.2, 0.25) is 0 Å². The van der Waals surface area contributed by atoms with Crippen molar-refractivity contribution in [3.05, 3.63) is 59.7 Å². The topological polar surface area (TPSA) is 71.1 Å². The summed E-state index contributed by atoms with van der Waals surface area (Å²) in [6.45, 7) is 3.42. The molecule has 28 heavy (non-hydrogen) atoms. The summed E-state index contributed by atoms with van der Waals surface area (Å²) in [5.74, 6) is 0.641. The van der Waals surface area contributed by atoms with Crippen molar-refractivity contribution in [2.24, 2.45) is 0 Å². The lowest BCUT2D eigenvalue weighted by Crippen LogP contribution is -2.24. The van der Waals surface area contributed by atoms with Crippen molar-refractivity contribution >= 4 is 10.1 Å². The van der Waals surface area contributed by atoms with Crippen LogP contribution in [0.15, 0.2) is 53.4 Å². The third-order valence-electron chi connectivity index (χ3n) is 4.38. The minimum absolute atomic E-state index is 0.0557. The molecule has 3 rings (SSSR count). The van der Waals surface area contributed by atoms with Gasteiger partial charge in [-0.25, -0.2) is 0 Å². The molecule has 7 heteroatoms. The molecule has 1 fully saturated rings. The summed E-state index contributed by atoms with van der Waals surface area (Å²) < 4.78 is 46.6. The monoisotopic (exact) mass is 406 g/mol. The van der Waals surface area contributed by atoms with E-state index in [1.54, 1.807) is 42.5 Å². The SMILES string of the molecule is Cc1ccc(S(=O)(=O)OCc2cccc(OCCOC3CCCCO3)c2)cc1. The number of ether oxygens (including phenoxy) is 3. The lowest BCUT2D eigenvalue weighted by Gasteiger charge is -2.22. The fourth-order valence-electron chi connectivity index (χ4n) is 2.83. The Balaban J connectivity index is 1.46. The molecule has 1 saturated heterocycles. The fraction of sp³-hybridized carbons (Fsp3) is 0.429. The standard InChI is InChI=1S/C21H26O6S/c1-17-8-10-20(11-9-17)28(22,23)27-16-18-5-4-6-19(15-18)24-13-14-26-21-7-2-3-12-25-21/h4-6,8-11,15,21H,2-3,7,12-14,16H2,1H3. The maximum absolute atomic E-state index is 12.3. The Morgan fingerprint density at radius 1 is 1.07 bits per heavy atom. The van der Waals surface area contributed by atoms with Gasteiger partial charge in [0.1, 0.15) is 12.4 Å². The third kappa shape index (κ3) is 6.31. The molecule has 6 nitrogen and oxygen atoms in total. The average molecular weight is 407 g/mol. The summed E-state index contributed by atoms with van der Waals surface area (Å²) in [6, 6.07) is 13.7. The van der Waals surface area contributed by atoms with Crippen molar-refractivity contribution < 1.29 is 26.8 Å². The van der Waals surface area contributed by atoms with Gasteiger partial charge < -0.3 is 14.2 Å². The van der Waals surface area contributed by atoms with Crippen molar-refractivity contribution in [3.8, 4) is 5.75 Å². The molecule has 1 aliphatic rings. The van der Waals surface area contributed by atoms with Crippen LogP contribution in [0.4, 0.5) is 0 Å². The van der Waals surface area contributed by atoms with E-state index < -0.39 is 10.1 Å². The van der Waals surface area contributed by atoms with Crippen LogP contribution in [0.5, 0.6) is 5.75 Å². The highest BCUT2D eigenvalue weighted by Crippen LogP contribution is 2.19. The van der Waals surface area contributed by atoms with E-state index in [1.807, 2.05) is 13.0 Å². The van der Waals surface area contributed by atoms with E-state index in [2.05, 4.69) is 0 Å². The molecular weight excluding hydrogens is 380 g/mol. The predicted octanol–water partition coefficient (Wildman–Crippen LogP) is 3.82. The summed E-state index contributed by atoms with van der Waals surface area (Å²) in [7, 11) is -3.80. The third-order valence-corrected chi connectivity index (χ3v) is 5.66. The van der Waals surface area contributed by atoms with Crippen molar-refractivity contribution in [2.75, 3.05) is 19.8 Å². The van der Waals surface area contributed by atoms with Gasteiger partial charge in [-0.05, 0) is 56.0 Å². The lowest BCUT2D eigenvalue weighted by molar-refractivity contribution is -0.165. The molecule has 0 radical (unpaired) electrons. The molecule has 1 heterocycles. The van der Waals surface area contributed by atoms with Gasteiger partial charge in [0.25, 0.3) is 10.1 Å². The summed E-state index contributed by atoms with van der Waals surface area (Å²) in [5.41, 5.74) is 1.70. The molecule has 0 spiro atoms. The largest absolute Gasteiger partial charge is 0.491 e. The number of hydrogen-bond donors (Lipinski definition) is 0. The van der Waals surface area contributed by atoms with E-state index in [1.165, 1.54) is 0 Å². The zero-order valence-corrected chi connectivity index (χ0v) is 16.8. The highest BCUT2D eigenvalue weighted by atomic mass is 32.2. The van der Waals surface area contributed by atoms with E-state index in [0.717, 1.165) is 31.4 Å². The first-order valence-electron chi connectivity index (χ1n) is 9.44. The molecule has 1 atom stereocenters. The van der Waals surface area contributed by atoms with Gasteiger partial charge in [-0.2, -0.15) is 8.42 Å². The molecule has 1 aliphatic heterocycles. The Morgan fingerprint density at radius 2 is 1.89 bits per heavy atom. The summed E-state index contributed by atoms with van der Waals surface area (Å²) in [4.78, 5) is 0.146. The first kappa shape index (κ1) is 20.8. The van der Waals surface area contributed by atoms with Crippen LogP contribution in [0.25, 0.3) is 0 Å². The highest BCUT2D eigenvalue weighted by molar-refractivity contribution is 7.86. The molecular formula is C21H26O6S. The maximum atomic E-state index is 12.3. The summed E-state index contributed by atoms with van der Waals surface area (Å²) >= 11 is 0. The first-order chi connectivity index (χ1) is 13.5. The van der Waals surface area contributed by atoms with Crippen LogP contribution in [0, 0.1) is 6.92 Å².